The molecular weight excluding hydrogens is 372 g/mol. The second-order valence-electron chi connectivity index (χ2n) is 8.71. The maximum Gasteiger partial charge on any atom is 0.410 e. The maximum atomic E-state index is 13.0. The molecule has 0 aliphatic carbocycles. The largest absolute Gasteiger partial charge is 0.467 e. The smallest absolute Gasteiger partial charge is 0.410 e. The number of esters is 1. The molecule has 0 aromatic heterocycles. The van der Waals surface area contributed by atoms with Gasteiger partial charge in [-0.3, -0.25) is 4.79 Å². The Morgan fingerprint density at radius 3 is 2.45 bits per heavy atom. The van der Waals surface area contributed by atoms with E-state index in [0.29, 0.717) is 25.9 Å². The van der Waals surface area contributed by atoms with E-state index < -0.39 is 17.7 Å². The van der Waals surface area contributed by atoms with Crippen molar-refractivity contribution in [1.82, 2.24) is 9.80 Å². The van der Waals surface area contributed by atoms with Crippen LogP contribution in [0.2, 0.25) is 0 Å². The number of carbonyl (C=O) groups excluding carboxylic acids is 3. The van der Waals surface area contributed by atoms with Crippen molar-refractivity contribution in [1.29, 1.82) is 0 Å². The summed E-state index contributed by atoms with van der Waals surface area (Å²) >= 11 is 0. The molecule has 0 unspecified atom stereocenters. The van der Waals surface area contributed by atoms with Gasteiger partial charge in [-0.15, -0.1) is 0 Å². The Morgan fingerprint density at radius 2 is 1.79 bits per heavy atom. The maximum absolute atomic E-state index is 13.0. The van der Waals surface area contributed by atoms with Gasteiger partial charge < -0.3 is 19.3 Å². The Morgan fingerprint density at radius 1 is 1.10 bits per heavy atom. The van der Waals surface area contributed by atoms with E-state index in [1.54, 1.807) is 9.80 Å². The molecule has 1 aromatic rings. The molecule has 1 fully saturated rings. The first-order chi connectivity index (χ1) is 13.7. The van der Waals surface area contributed by atoms with Gasteiger partial charge in [-0.25, -0.2) is 9.59 Å². The summed E-state index contributed by atoms with van der Waals surface area (Å²) in [4.78, 5) is 41.2. The molecule has 7 heteroatoms. The second kappa shape index (κ2) is 8.43. The van der Waals surface area contributed by atoms with Gasteiger partial charge in [0.05, 0.1) is 7.11 Å². The summed E-state index contributed by atoms with van der Waals surface area (Å²) < 4.78 is 10.4. The fraction of sp³-hybridized carbons (Fsp3) is 0.591. The lowest BCUT2D eigenvalue weighted by atomic mass is 9.92. The van der Waals surface area contributed by atoms with Crippen LogP contribution in [0.15, 0.2) is 24.3 Å². The molecule has 0 bridgehead atoms. The van der Waals surface area contributed by atoms with E-state index in [0.717, 1.165) is 17.5 Å². The van der Waals surface area contributed by atoms with Gasteiger partial charge in [-0.2, -0.15) is 0 Å². The monoisotopic (exact) mass is 402 g/mol. The van der Waals surface area contributed by atoms with Crippen LogP contribution in [0.25, 0.3) is 0 Å². The number of fused-ring (bicyclic) bond motifs is 1. The number of likely N-dealkylation sites (tertiary alicyclic amines) is 1. The van der Waals surface area contributed by atoms with Crippen LogP contribution in [0, 0.1) is 0 Å². The highest BCUT2D eigenvalue weighted by atomic mass is 16.6. The number of carbonyl (C=O) groups is 3. The number of ether oxygens (including phenoxy) is 2. The van der Waals surface area contributed by atoms with Gasteiger partial charge in [-0.05, 0) is 51.2 Å². The van der Waals surface area contributed by atoms with Crippen molar-refractivity contribution in [2.24, 2.45) is 0 Å². The lowest BCUT2D eigenvalue weighted by Crippen LogP contribution is -2.50. The van der Waals surface area contributed by atoms with Crippen LogP contribution in [0.3, 0.4) is 0 Å². The van der Waals surface area contributed by atoms with Crippen LogP contribution < -0.4 is 0 Å². The minimum atomic E-state index is -0.618. The molecule has 3 rings (SSSR count). The molecule has 2 atom stereocenters. The van der Waals surface area contributed by atoms with Crippen LogP contribution in [0.5, 0.6) is 0 Å². The molecule has 1 saturated heterocycles. The van der Waals surface area contributed by atoms with Gasteiger partial charge in [-0.1, -0.05) is 24.3 Å². The van der Waals surface area contributed by atoms with Gasteiger partial charge in [0.15, 0.2) is 0 Å². The predicted molar refractivity (Wildman–Crippen MR) is 107 cm³/mol. The molecule has 0 N–H and O–H groups in total. The molecule has 158 valence electrons. The van der Waals surface area contributed by atoms with Gasteiger partial charge in [0.2, 0.25) is 5.91 Å². The zero-order chi connectivity index (χ0) is 21.2. The van der Waals surface area contributed by atoms with Crippen LogP contribution in [-0.4, -0.2) is 59.1 Å². The number of hydrogen-bond donors (Lipinski definition) is 0. The van der Waals surface area contributed by atoms with Crippen LogP contribution in [0.1, 0.15) is 51.2 Å². The summed E-state index contributed by atoms with van der Waals surface area (Å²) in [5.41, 5.74) is 1.58. The van der Waals surface area contributed by atoms with Gasteiger partial charge in [0, 0.05) is 25.6 Å². The second-order valence-corrected chi connectivity index (χ2v) is 8.71. The van der Waals surface area contributed by atoms with Crippen molar-refractivity contribution in [3.8, 4) is 0 Å². The number of hydrogen-bond acceptors (Lipinski definition) is 5. The number of rotatable bonds is 3. The van der Waals surface area contributed by atoms with Crippen LogP contribution in [-0.2, 0) is 32.0 Å². The van der Waals surface area contributed by atoms with E-state index in [2.05, 4.69) is 0 Å². The highest BCUT2D eigenvalue weighted by Crippen LogP contribution is 2.28. The number of benzene rings is 1. The summed E-state index contributed by atoms with van der Waals surface area (Å²) in [7, 11) is 1.34. The molecule has 2 amide bonds. The fourth-order valence-electron chi connectivity index (χ4n) is 4.07. The summed E-state index contributed by atoms with van der Waals surface area (Å²) in [6.07, 6.45) is 1.70. The minimum Gasteiger partial charge on any atom is -0.467 e. The molecule has 7 nitrogen and oxygen atoms in total. The van der Waals surface area contributed by atoms with Crippen LogP contribution >= 0.6 is 0 Å². The quantitative estimate of drug-likeness (QED) is 0.727. The Balaban J connectivity index is 1.79. The average Bonchev–Trinajstić information content (AvgIpc) is 3.15. The van der Waals surface area contributed by atoms with Gasteiger partial charge in [0.1, 0.15) is 11.6 Å². The van der Waals surface area contributed by atoms with Crippen molar-refractivity contribution in [3.05, 3.63) is 35.4 Å². The summed E-state index contributed by atoms with van der Waals surface area (Å²) in [5.74, 6) is -0.510. The Bertz CT molecular complexity index is 786. The molecule has 2 aliphatic heterocycles. The van der Waals surface area contributed by atoms with Crippen molar-refractivity contribution < 1.29 is 23.9 Å². The van der Waals surface area contributed by atoms with Crippen molar-refractivity contribution in [3.63, 3.8) is 0 Å². The van der Waals surface area contributed by atoms with E-state index in [9.17, 15) is 14.4 Å². The van der Waals surface area contributed by atoms with Gasteiger partial charge in [0.25, 0.3) is 0 Å². The Labute approximate surface area is 171 Å². The van der Waals surface area contributed by atoms with E-state index in [4.69, 9.17) is 9.47 Å². The summed E-state index contributed by atoms with van der Waals surface area (Å²) in [6, 6.07) is 7.10. The first-order valence-corrected chi connectivity index (χ1v) is 10.1. The van der Waals surface area contributed by atoms with Gasteiger partial charge >= 0.3 is 12.1 Å². The molecule has 2 aliphatic rings. The highest BCUT2D eigenvalue weighted by molar-refractivity contribution is 5.85. The molecule has 0 radical (unpaired) electrons. The van der Waals surface area contributed by atoms with E-state index in [1.165, 1.54) is 7.11 Å². The number of nitrogens with zero attached hydrogens (tertiary/aromatic N) is 2. The number of amides is 2. The Kier molecular flexibility index (Phi) is 6.15. The zero-order valence-electron chi connectivity index (χ0n) is 17.6. The predicted octanol–water partition coefficient (Wildman–Crippen LogP) is 2.90. The lowest BCUT2D eigenvalue weighted by Gasteiger charge is -2.38. The third-order valence-electron chi connectivity index (χ3n) is 5.44. The topological polar surface area (TPSA) is 76.2 Å². The third-order valence-corrected chi connectivity index (χ3v) is 5.44. The minimum absolute atomic E-state index is 0.129. The molecule has 0 saturated carbocycles. The first kappa shape index (κ1) is 21.1. The summed E-state index contributed by atoms with van der Waals surface area (Å²) in [5, 5.41) is 0. The SMILES string of the molecule is COC(=O)[C@@H]1CCCN1C(=O)C[C@H]1Cc2ccccc2CN1C(=O)OC(C)(C)C. The van der Waals surface area contributed by atoms with Crippen molar-refractivity contribution >= 4 is 18.0 Å². The van der Waals surface area contributed by atoms with Crippen LogP contribution in [0.4, 0.5) is 4.79 Å². The number of methoxy groups -OCH3 is 1. The normalized spacial score (nSPS) is 21.5. The van der Waals surface area contributed by atoms with E-state index in [-0.39, 0.29) is 24.3 Å². The Hall–Kier alpha value is -2.57. The lowest BCUT2D eigenvalue weighted by molar-refractivity contribution is -0.151. The zero-order valence-corrected chi connectivity index (χ0v) is 17.6. The van der Waals surface area contributed by atoms with Crippen molar-refractivity contribution in [2.75, 3.05) is 13.7 Å². The molecule has 0 spiro atoms. The molecular formula is C22H30N2O5. The third kappa shape index (κ3) is 4.89. The van der Waals surface area contributed by atoms with E-state index >= 15 is 0 Å². The van der Waals surface area contributed by atoms with Crippen molar-refractivity contribution in [2.45, 2.75) is 70.7 Å². The highest BCUT2D eigenvalue weighted by Gasteiger charge is 2.39. The summed E-state index contributed by atoms with van der Waals surface area (Å²) in [6.45, 7) is 6.42. The van der Waals surface area contributed by atoms with E-state index in [1.807, 2.05) is 45.0 Å². The molecule has 1 aromatic carbocycles. The standard InChI is InChI=1S/C22H30N2O5/c1-22(2,3)29-21(27)24-14-16-9-6-5-8-15(16)12-17(24)13-19(25)23-11-7-10-18(23)20(26)28-4/h5-6,8-9,17-18H,7,10-14H2,1-4H3/t17-,18+/m1/s1. The molecule has 2 heterocycles. The molecule has 29 heavy (non-hydrogen) atoms. The average molecular weight is 402 g/mol. The fourth-order valence-corrected chi connectivity index (χ4v) is 4.07. The first-order valence-electron chi connectivity index (χ1n) is 10.1.